The van der Waals surface area contributed by atoms with E-state index in [2.05, 4.69) is 10.6 Å². The van der Waals surface area contributed by atoms with Crippen molar-refractivity contribution in [2.75, 3.05) is 19.5 Å². The first-order chi connectivity index (χ1) is 11.5. The average Bonchev–Trinajstić information content (AvgIpc) is 3.06. The van der Waals surface area contributed by atoms with E-state index in [-0.39, 0.29) is 17.7 Å². The van der Waals surface area contributed by atoms with Gasteiger partial charge in [0, 0.05) is 13.0 Å². The van der Waals surface area contributed by atoms with Crippen molar-refractivity contribution in [2.45, 2.75) is 38.6 Å². The molecule has 1 atom stereocenters. The minimum absolute atomic E-state index is 0.147. The topological polar surface area (TPSA) is 76.7 Å². The van der Waals surface area contributed by atoms with Crippen LogP contribution in [0, 0.1) is 5.92 Å². The standard InChI is InChI=1S/C17H23ClN2O4/c1-10(21)19-16(11-6-4-5-7-11)17(22)20-13-8-12(18)14(23-2)9-15(13)24-3/h8-9,11,16H,4-7H2,1-3H3,(H,19,21)(H,20,22). The Bertz CT molecular complexity index is 615. The fraction of sp³-hybridized carbons (Fsp3) is 0.529. The molecular formula is C17H23ClN2O4. The van der Waals surface area contributed by atoms with Crippen molar-refractivity contribution in [2.24, 2.45) is 5.92 Å². The van der Waals surface area contributed by atoms with Crippen LogP contribution in [0.5, 0.6) is 11.5 Å². The Morgan fingerprint density at radius 2 is 1.79 bits per heavy atom. The van der Waals surface area contributed by atoms with Gasteiger partial charge in [0.15, 0.2) is 0 Å². The van der Waals surface area contributed by atoms with Crippen LogP contribution in [0.4, 0.5) is 5.69 Å². The Morgan fingerprint density at radius 1 is 1.17 bits per heavy atom. The number of hydrogen-bond acceptors (Lipinski definition) is 4. The van der Waals surface area contributed by atoms with E-state index in [1.165, 1.54) is 21.1 Å². The molecule has 1 aromatic rings. The second-order valence-corrected chi connectivity index (χ2v) is 6.31. The molecule has 2 amide bonds. The number of halogens is 1. The maximum atomic E-state index is 12.7. The van der Waals surface area contributed by atoms with Crippen LogP contribution in [-0.2, 0) is 9.59 Å². The van der Waals surface area contributed by atoms with Gasteiger partial charge < -0.3 is 20.1 Å². The Balaban J connectivity index is 2.22. The highest BCUT2D eigenvalue weighted by atomic mass is 35.5. The van der Waals surface area contributed by atoms with E-state index in [9.17, 15) is 9.59 Å². The Morgan fingerprint density at radius 3 is 2.33 bits per heavy atom. The molecule has 0 aliphatic heterocycles. The number of methoxy groups -OCH3 is 2. The third-order valence-corrected chi connectivity index (χ3v) is 4.54. The second-order valence-electron chi connectivity index (χ2n) is 5.90. The van der Waals surface area contributed by atoms with E-state index in [0.29, 0.717) is 22.2 Å². The summed E-state index contributed by atoms with van der Waals surface area (Å²) in [6.07, 6.45) is 4.01. The van der Waals surface area contributed by atoms with E-state index in [4.69, 9.17) is 21.1 Å². The monoisotopic (exact) mass is 354 g/mol. The molecule has 2 rings (SSSR count). The molecule has 1 aliphatic rings. The fourth-order valence-corrected chi connectivity index (χ4v) is 3.32. The second kappa shape index (κ2) is 8.24. The van der Waals surface area contributed by atoms with E-state index in [1.54, 1.807) is 12.1 Å². The zero-order valence-corrected chi connectivity index (χ0v) is 14.9. The zero-order valence-electron chi connectivity index (χ0n) is 14.1. The van der Waals surface area contributed by atoms with Crippen LogP contribution in [0.15, 0.2) is 12.1 Å². The molecule has 1 saturated carbocycles. The first-order valence-corrected chi connectivity index (χ1v) is 8.33. The van der Waals surface area contributed by atoms with Crippen LogP contribution < -0.4 is 20.1 Å². The van der Waals surface area contributed by atoms with Gasteiger partial charge in [-0.25, -0.2) is 0 Å². The van der Waals surface area contributed by atoms with Crippen molar-refractivity contribution in [1.82, 2.24) is 5.32 Å². The molecule has 2 N–H and O–H groups in total. The number of anilines is 1. The van der Waals surface area contributed by atoms with Gasteiger partial charge in [-0.15, -0.1) is 0 Å². The number of rotatable bonds is 6. The van der Waals surface area contributed by atoms with Gasteiger partial charge >= 0.3 is 0 Å². The molecule has 6 nitrogen and oxygen atoms in total. The zero-order chi connectivity index (χ0) is 17.7. The summed E-state index contributed by atoms with van der Waals surface area (Å²) in [4.78, 5) is 24.2. The van der Waals surface area contributed by atoms with Crippen molar-refractivity contribution >= 4 is 29.1 Å². The van der Waals surface area contributed by atoms with Gasteiger partial charge in [0.25, 0.3) is 0 Å². The molecule has 1 unspecified atom stereocenters. The number of nitrogens with one attached hydrogen (secondary N) is 2. The Hall–Kier alpha value is -1.95. The normalized spacial score (nSPS) is 15.7. The molecule has 0 bridgehead atoms. The number of carbonyl (C=O) groups excluding carboxylic acids is 2. The van der Waals surface area contributed by atoms with Gasteiger partial charge in [0.2, 0.25) is 11.8 Å². The quantitative estimate of drug-likeness (QED) is 0.823. The highest BCUT2D eigenvalue weighted by Crippen LogP contribution is 2.36. The molecule has 1 aliphatic carbocycles. The van der Waals surface area contributed by atoms with Crippen LogP contribution in [0.25, 0.3) is 0 Å². The van der Waals surface area contributed by atoms with E-state index in [1.807, 2.05) is 0 Å². The maximum Gasteiger partial charge on any atom is 0.247 e. The summed E-state index contributed by atoms with van der Waals surface area (Å²) < 4.78 is 10.4. The SMILES string of the molecule is COc1cc(OC)c(NC(=O)C(NC(C)=O)C2CCCC2)cc1Cl. The molecule has 0 heterocycles. The van der Waals surface area contributed by atoms with Gasteiger partial charge in [-0.1, -0.05) is 24.4 Å². The lowest BCUT2D eigenvalue weighted by Gasteiger charge is -2.24. The predicted molar refractivity (Wildman–Crippen MR) is 92.7 cm³/mol. The highest BCUT2D eigenvalue weighted by molar-refractivity contribution is 6.32. The maximum absolute atomic E-state index is 12.7. The minimum atomic E-state index is -0.560. The van der Waals surface area contributed by atoms with Crippen LogP contribution >= 0.6 is 11.6 Å². The van der Waals surface area contributed by atoms with Crippen LogP contribution in [-0.4, -0.2) is 32.1 Å². The Kier molecular flexibility index (Phi) is 6.31. The lowest BCUT2D eigenvalue weighted by molar-refractivity contribution is -0.126. The summed E-state index contributed by atoms with van der Waals surface area (Å²) in [5, 5.41) is 5.95. The lowest BCUT2D eigenvalue weighted by Crippen LogP contribution is -2.47. The molecule has 24 heavy (non-hydrogen) atoms. The third kappa shape index (κ3) is 4.32. The number of benzene rings is 1. The van der Waals surface area contributed by atoms with Crippen molar-refractivity contribution in [3.8, 4) is 11.5 Å². The molecule has 0 aromatic heterocycles. The van der Waals surface area contributed by atoms with Crippen LogP contribution in [0.2, 0.25) is 5.02 Å². The summed E-state index contributed by atoms with van der Waals surface area (Å²) in [6, 6.07) is 2.63. The summed E-state index contributed by atoms with van der Waals surface area (Å²) in [5.74, 6) is 0.561. The number of amides is 2. The van der Waals surface area contributed by atoms with Crippen molar-refractivity contribution < 1.29 is 19.1 Å². The lowest BCUT2D eigenvalue weighted by atomic mass is 9.97. The van der Waals surface area contributed by atoms with Crippen molar-refractivity contribution in [3.63, 3.8) is 0 Å². The van der Waals surface area contributed by atoms with Crippen molar-refractivity contribution in [1.29, 1.82) is 0 Å². The summed E-state index contributed by atoms with van der Waals surface area (Å²) in [5.41, 5.74) is 0.446. The minimum Gasteiger partial charge on any atom is -0.495 e. The van der Waals surface area contributed by atoms with Gasteiger partial charge in [0.1, 0.15) is 17.5 Å². The molecule has 0 radical (unpaired) electrons. The summed E-state index contributed by atoms with van der Waals surface area (Å²) >= 11 is 6.13. The number of ether oxygens (including phenoxy) is 2. The van der Waals surface area contributed by atoms with Crippen molar-refractivity contribution in [3.05, 3.63) is 17.2 Å². The van der Waals surface area contributed by atoms with E-state index >= 15 is 0 Å². The highest BCUT2D eigenvalue weighted by Gasteiger charge is 2.31. The van der Waals surface area contributed by atoms with Gasteiger partial charge in [-0.05, 0) is 24.8 Å². The van der Waals surface area contributed by atoms with Crippen LogP contribution in [0.1, 0.15) is 32.6 Å². The van der Waals surface area contributed by atoms with Gasteiger partial charge in [-0.2, -0.15) is 0 Å². The average molecular weight is 355 g/mol. The number of carbonyl (C=O) groups is 2. The molecule has 0 saturated heterocycles. The van der Waals surface area contributed by atoms with Gasteiger partial charge in [-0.3, -0.25) is 9.59 Å². The first-order valence-electron chi connectivity index (χ1n) is 7.95. The fourth-order valence-electron chi connectivity index (χ4n) is 3.08. The molecule has 7 heteroatoms. The molecular weight excluding hydrogens is 332 g/mol. The van der Waals surface area contributed by atoms with E-state index < -0.39 is 6.04 Å². The molecule has 1 aromatic carbocycles. The van der Waals surface area contributed by atoms with Gasteiger partial charge in [0.05, 0.1) is 24.9 Å². The summed E-state index contributed by atoms with van der Waals surface area (Å²) in [7, 11) is 3.01. The van der Waals surface area contributed by atoms with E-state index in [0.717, 1.165) is 25.7 Å². The molecule has 1 fully saturated rings. The largest absolute Gasteiger partial charge is 0.495 e. The van der Waals surface area contributed by atoms with Crippen LogP contribution in [0.3, 0.4) is 0 Å². The third-order valence-electron chi connectivity index (χ3n) is 4.24. The molecule has 132 valence electrons. The summed E-state index contributed by atoms with van der Waals surface area (Å²) in [6.45, 7) is 1.42. The first kappa shape index (κ1) is 18.4. The smallest absolute Gasteiger partial charge is 0.247 e. The number of hydrogen-bond donors (Lipinski definition) is 2. The Labute approximate surface area is 146 Å². The predicted octanol–water partition coefficient (Wildman–Crippen LogP) is 2.99. The molecule has 0 spiro atoms.